The number of para-hydroxylation sites is 1. The van der Waals surface area contributed by atoms with Gasteiger partial charge in [0.15, 0.2) is 29.3 Å². The first kappa shape index (κ1) is 15.9. The molecular formula is C16H14F3NO2. The summed E-state index contributed by atoms with van der Waals surface area (Å²) in [6.45, 7) is 1.69. The molecule has 0 bridgehead atoms. The van der Waals surface area contributed by atoms with Crippen LogP contribution in [-0.4, -0.2) is 12.0 Å². The van der Waals surface area contributed by atoms with Crippen LogP contribution in [0, 0.1) is 17.5 Å². The van der Waals surface area contributed by atoms with Gasteiger partial charge in [-0.15, -0.1) is 0 Å². The van der Waals surface area contributed by atoms with Gasteiger partial charge in [-0.2, -0.15) is 0 Å². The molecule has 0 aromatic heterocycles. The molecule has 0 saturated carbocycles. The lowest BCUT2D eigenvalue weighted by Gasteiger charge is -2.17. The molecule has 6 heteroatoms. The van der Waals surface area contributed by atoms with Gasteiger partial charge in [-0.3, -0.25) is 4.79 Å². The van der Waals surface area contributed by atoms with Crippen molar-refractivity contribution < 1.29 is 22.7 Å². The number of halogens is 3. The fourth-order valence-electron chi connectivity index (χ4n) is 1.81. The van der Waals surface area contributed by atoms with Crippen molar-refractivity contribution in [3.63, 3.8) is 0 Å². The Balaban J connectivity index is 2.08. The summed E-state index contributed by atoms with van der Waals surface area (Å²) in [5, 5.41) is 2.41. The summed E-state index contributed by atoms with van der Waals surface area (Å²) in [6.07, 6.45) is -0.672. The summed E-state index contributed by atoms with van der Waals surface area (Å²) < 4.78 is 44.8. The molecule has 0 radical (unpaired) electrons. The Labute approximate surface area is 125 Å². The van der Waals surface area contributed by atoms with Crippen LogP contribution in [0.3, 0.4) is 0 Å². The minimum atomic E-state index is -1.07. The SMILES string of the molecule is CC[C@@H](Oc1ccccc1F)C(=O)Nc1ccc(F)c(F)c1. The van der Waals surface area contributed by atoms with Crippen LogP contribution in [-0.2, 0) is 4.79 Å². The van der Waals surface area contributed by atoms with E-state index in [4.69, 9.17) is 4.74 Å². The van der Waals surface area contributed by atoms with Crippen LogP contribution in [0.15, 0.2) is 42.5 Å². The third-order valence-electron chi connectivity index (χ3n) is 2.96. The predicted octanol–water partition coefficient (Wildman–Crippen LogP) is 3.90. The number of hydrogen-bond donors (Lipinski definition) is 1. The first-order valence-corrected chi connectivity index (χ1v) is 6.68. The summed E-state index contributed by atoms with van der Waals surface area (Å²) in [7, 11) is 0. The molecular weight excluding hydrogens is 295 g/mol. The van der Waals surface area contributed by atoms with Crippen LogP contribution in [0.25, 0.3) is 0 Å². The van der Waals surface area contributed by atoms with E-state index in [1.807, 2.05) is 0 Å². The Morgan fingerprint density at radius 2 is 1.82 bits per heavy atom. The van der Waals surface area contributed by atoms with Gasteiger partial charge in [0, 0.05) is 11.8 Å². The van der Waals surface area contributed by atoms with Crippen LogP contribution < -0.4 is 10.1 Å². The highest BCUT2D eigenvalue weighted by atomic mass is 19.2. The van der Waals surface area contributed by atoms with Crippen molar-refractivity contribution in [1.82, 2.24) is 0 Å². The zero-order valence-corrected chi connectivity index (χ0v) is 11.8. The van der Waals surface area contributed by atoms with Gasteiger partial charge in [-0.25, -0.2) is 13.2 Å². The van der Waals surface area contributed by atoms with E-state index in [-0.39, 0.29) is 17.9 Å². The molecule has 1 N–H and O–H groups in total. The van der Waals surface area contributed by atoms with E-state index < -0.39 is 29.5 Å². The molecule has 0 saturated heterocycles. The standard InChI is InChI=1S/C16H14F3NO2/c1-2-14(22-15-6-4-3-5-12(15)18)16(21)20-10-7-8-11(17)13(19)9-10/h3-9,14H,2H2,1H3,(H,20,21)/t14-/m1/s1. The number of anilines is 1. The number of carbonyl (C=O) groups excluding carboxylic acids is 1. The number of benzene rings is 2. The predicted molar refractivity (Wildman–Crippen MR) is 76.1 cm³/mol. The zero-order chi connectivity index (χ0) is 16.1. The van der Waals surface area contributed by atoms with Crippen molar-refractivity contribution in [1.29, 1.82) is 0 Å². The Hall–Kier alpha value is -2.50. The lowest BCUT2D eigenvalue weighted by molar-refractivity contribution is -0.122. The molecule has 2 aromatic carbocycles. The second-order valence-electron chi connectivity index (χ2n) is 4.56. The maximum Gasteiger partial charge on any atom is 0.265 e. The normalized spacial score (nSPS) is 11.8. The summed E-state index contributed by atoms with van der Waals surface area (Å²) in [6, 6.07) is 8.71. The fourth-order valence-corrected chi connectivity index (χ4v) is 1.81. The van der Waals surface area contributed by atoms with Crippen molar-refractivity contribution in [2.45, 2.75) is 19.4 Å². The van der Waals surface area contributed by atoms with E-state index in [9.17, 15) is 18.0 Å². The number of nitrogens with one attached hydrogen (secondary N) is 1. The molecule has 1 atom stereocenters. The second-order valence-corrected chi connectivity index (χ2v) is 4.56. The molecule has 0 spiro atoms. The van der Waals surface area contributed by atoms with Gasteiger partial charge < -0.3 is 10.1 Å². The average molecular weight is 309 g/mol. The van der Waals surface area contributed by atoms with E-state index in [1.54, 1.807) is 13.0 Å². The van der Waals surface area contributed by atoms with Gasteiger partial charge in [0.2, 0.25) is 0 Å². The quantitative estimate of drug-likeness (QED) is 0.909. The monoisotopic (exact) mass is 309 g/mol. The average Bonchev–Trinajstić information content (AvgIpc) is 2.50. The molecule has 0 aliphatic rings. The van der Waals surface area contributed by atoms with E-state index in [0.29, 0.717) is 0 Å². The van der Waals surface area contributed by atoms with Gasteiger partial charge in [-0.05, 0) is 30.7 Å². The maximum atomic E-state index is 13.5. The third kappa shape index (κ3) is 3.78. The smallest absolute Gasteiger partial charge is 0.265 e. The van der Waals surface area contributed by atoms with Gasteiger partial charge in [0.1, 0.15) is 0 Å². The zero-order valence-electron chi connectivity index (χ0n) is 11.8. The summed E-state index contributed by atoms with van der Waals surface area (Å²) in [5.41, 5.74) is 0.0967. The van der Waals surface area contributed by atoms with E-state index in [0.717, 1.165) is 12.1 Å². The Morgan fingerprint density at radius 3 is 2.45 bits per heavy atom. The molecule has 116 valence electrons. The summed E-state index contributed by atoms with van der Waals surface area (Å²) in [4.78, 5) is 12.1. The van der Waals surface area contributed by atoms with Crippen LogP contribution in [0.5, 0.6) is 5.75 Å². The molecule has 2 aromatic rings. The lowest BCUT2D eigenvalue weighted by atomic mass is 10.2. The molecule has 0 aliphatic heterocycles. The molecule has 0 unspecified atom stereocenters. The summed E-state index contributed by atoms with van der Waals surface area (Å²) in [5.74, 6) is -3.28. The highest BCUT2D eigenvalue weighted by molar-refractivity contribution is 5.94. The number of hydrogen-bond acceptors (Lipinski definition) is 2. The van der Waals surface area contributed by atoms with Crippen LogP contribution in [0.1, 0.15) is 13.3 Å². The van der Waals surface area contributed by atoms with Gasteiger partial charge in [0.05, 0.1) is 0 Å². The second kappa shape index (κ2) is 6.98. The summed E-state index contributed by atoms with van der Waals surface area (Å²) >= 11 is 0. The van der Waals surface area contributed by atoms with E-state index in [2.05, 4.69) is 5.32 Å². The number of amides is 1. The van der Waals surface area contributed by atoms with Crippen LogP contribution in [0.2, 0.25) is 0 Å². The highest BCUT2D eigenvalue weighted by Crippen LogP contribution is 2.19. The van der Waals surface area contributed by atoms with Crippen LogP contribution in [0.4, 0.5) is 18.9 Å². The molecule has 22 heavy (non-hydrogen) atoms. The maximum absolute atomic E-state index is 13.5. The fraction of sp³-hybridized carbons (Fsp3) is 0.188. The highest BCUT2D eigenvalue weighted by Gasteiger charge is 2.20. The van der Waals surface area contributed by atoms with E-state index in [1.165, 1.54) is 24.3 Å². The molecule has 0 aliphatic carbocycles. The minimum Gasteiger partial charge on any atom is -0.478 e. The number of ether oxygens (including phenoxy) is 1. The third-order valence-corrected chi connectivity index (χ3v) is 2.96. The molecule has 0 fully saturated rings. The number of carbonyl (C=O) groups is 1. The van der Waals surface area contributed by atoms with E-state index >= 15 is 0 Å². The van der Waals surface area contributed by atoms with Crippen molar-refractivity contribution >= 4 is 11.6 Å². The number of rotatable bonds is 5. The largest absolute Gasteiger partial charge is 0.478 e. The van der Waals surface area contributed by atoms with Crippen molar-refractivity contribution in [3.8, 4) is 5.75 Å². The van der Waals surface area contributed by atoms with Crippen molar-refractivity contribution in [3.05, 3.63) is 59.9 Å². The van der Waals surface area contributed by atoms with Gasteiger partial charge >= 0.3 is 0 Å². The first-order valence-electron chi connectivity index (χ1n) is 6.68. The van der Waals surface area contributed by atoms with Gasteiger partial charge in [-0.1, -0.05) is 19.1 Å². The molecule has 1 amide bonds. The minimum absolute atomic E-state index is 0.0465. The molecule has 3 nitrogen and oxygen atoms in total. The first-order chi connectivity index (χ1) is 10.5. The Bertz CT molecular complexity index is 676. The van der Waals surface area contributed by atoms with Crippen molar-refractivity contribution in [2.24, 2.45) is 0 Å². The topological polar surface area (TPSA) is 38.3 Å². The molecule has 0 heterocycles. The molecule has 2 rings (SSSR count). The van der Waals surface area contributed by atoms with Crippen molar-refractivity contribution in [2.75, 3.05) is 5.32 Å². The lowest BCUT2D eigenvalue weighted by Crippen LogP contribution is -2.32. The van der Waals surface area contributed by atoms with Gasteiger partial charge in [0.25, 0.3) is 5.91 Å². The Morgan fingerprint density at radius 1 is 1.09 bits per heavy atom. The Kier molecular flexibility index (Phi) is 5.04. The van der Waals surface area contributed by atoms with Crippen LogP contribution >= 0.6 is 0 Å².